The number of carbonyl (C=O) groups is 1. The fraction of sp³-hybridized carbons (Fsp3) is 0.500. The van der Waals surface area contributed by atoms with Crippen molar-refractivity contribution in [2.24, 2.45) is 0 Å². The fourth-order valence-corrected chi connectivity index (χ4v) is 3.02. The summed E-state index contributed by atoms with van der Waals surface area (Å²) >= 11 is 0. The molecule has 1 saturated heterocycles. The van der Waals surface area contributed by atoms with Crippen LogP contribution in [0, 0.1) is 0 Å². The molecule has 2 atom stereocenters. The second-order valence-electron chi connectivity index (χ2n) is 5.08. The van der Waals surface area contributed by atoms with E-state index < -0.39 is 12.0 Å². The molecule has 0 saturated carbocycles. The van der Waals surface area contributed by atoms with Gasteiger partial charge in [-0.15, -0.1) is 0 Å². The van der Waals surface area contributed by atoms with Crippen LogP contribution in [-0.2, 0) is 17.6 Å². The molecule has 3 rings (SSSR count). The van der Waals surface area contributed by atoms with Crippen molar-refractivity contribution in [1.29, 1.82) is 0 Å². The van der Waals surface area contributed by atoms with Crippen molar-refractivity contribution in [3.8, 4) is 0 Å². The number of benzene rings is 1. The van der Waals surface area contributed by atoms with Crippen molar-refractivity contribution in [2.75, 3.05) is 13.1 Å². The van der Waals surface area contributed by atoms with E-state index in [4.69, 9.17) is 0 Å². The molecule has 1 fully saturated rings. The normalized spacial score (nSPS) is 26.9. The monoisotopic (exact) mass is 246 g/mol. The van der Waals surface area contributed by atoms with Crippen LogP contribution in [0.3, 0.4) is 0 Å². The zero-order chi connectivity index (χ0) is 12.5. The lowest BCUT2D eigenvalue weighted by Crippen LogP contribution is -2.54. The Kier molecular flexibility index (Phi) is 3.06. The summed E-state index contributed by atoms with van der Waals surface area (Å²) in [6, 6.07) is 5.76. The average molecular weight is 246 g/mol. The average Bonchev–Trinajstić information content (AvgIpc) is 2.85. The Labute approximate surface area is 106 Å². The van der Waals surface area contributed by atoms with Crippen molar-refractivity contribution in [2.45, 2.75) is 31.3 Å². The Hall–Kier alpha value is -1.39. The van der Waals surface area contributed by atoms with Gasteiger partial charge in [-0.2, -0.15) is 0 Å². The number of aliphatic carboxylic acids is 1. The summed E-state index contributed by atoms with van der Waals surface area (Å²) in [5.74, 6) is -0.785. The number of hydrogen-bond acceptors (Lipinski definition) is 3. The molecule has 1 aliphatic heterocycles. The lowest BCUT2D eigenvalue weighted by atomic mass is 9.94. The molecule has 2 aliphatic rings. The molecule has 18 heavy (non-hydrogen) atoms. The van der Waals surface area contributed by atoms with Gasteiger partial charge in [0.05, 0.1) is 6.04 Å². The van der Waals surface area contributed by atoms with E-state index >= 15 is 0 Å². The number of aryl methyl sites for hydroxylation is 2. The minimum Gasteiger partial charge on any atom is -0.480 e. The standard InChI is InChI=1S/C14H18N2O2/c17-14(18)13-12(15-6-7-16-13)11-5-4-9-2-1-3-10(9)8-11/h4-5,8,12-13,15-16H,1-3,6-7H2,(H,17,18). The first-order chi connectivity index (χ1) is 8.75. The molecule has 4 heteroatoms. The van der Waals surface area contributed by atoms with Crippen LogP contribution in [0.15, 0.2) is 18.2 Å². The van der Waals surface area contributed by atoms with Crippen molar-refractivity contribution in [3.63, 3.8) is 0 Å². The largest absolute Gasteiger partial charge is 0.480 e. The third kappa shape index (κ3) is 2.02. The smallest absolute Gasteiger partial charge is 0.322 e. The van der Waals surface area contributed by atoms with E-state index in [-0.39, 0.29) is 6.04 Å². The Balaban J connectivity index is 1.90. The number of piperazine rings is 1. The third-order valence-corrected chi connectivity index (χ3v) is 3.93. The molecule has 0 bridgehead atoms. The molecular weight excluding hydrogens is 228 g/mol. The predicted molar refractivity (Wildman–Crippen MR) is 68.6 cm³/mol. The zero-order valence-corrected chi connectivity index (χ0v) is 10.3. The quantitative estimate of drug-likeness (QED) is 0.724. The minimum atomic E-state index is -0.785. The van der Waals surface area contributed by atoms with Crippen LogP contribution in [0.1, 0.15) is 29.2 Å². The highest BCUT2D eigenvalue weighted by Crippen LogP contribution is 2.27. The van der Waals surface area contributed by atoms with Crippen molar-refractivity contribution in [1.82, 2.24) is 10.6 Å². The maximum absolute atomic E-state index is 11.3. The van der Waals surface area contributed by atoms with Crippen LogP contribution in [0.2, 0.25) is 0 Å². The molecule has 1 aromatic carbocycles. The summed E-state index contributed by atoms with van der Waals surface area (Å²) in [5.41, 5.74) is 3.91. The van der Waals surface area contributed by atoms with Crippen LogP contribution in [-0.4, -0.2) is 30.2 Å². The summed E-state index contributed by atoms with van der Waals surface area (Å²) in [7, 11) is 0. The molecule has 96 valence electrons. The molecule has 3 N–H and O–H groups in total. The van der Waals surface area contributed by atoms with Gasteiger partial charge in [-0.25, -0.2) is 0 Å². The van der Waals surface area contributed by atoms with Gasteiger partial charge in [0.1, 0.15) is 6.04 Å². The van der Waals surface area contributed by atoms with Gasteiger partial charge >= 0.3 is 5.97 Å². The highest BCUT2D eigenvalue weighted by molar-refractivity contribution is 5.75. The highest BCUT2D eigenvalue weighted by Gasteiger charge is 2.31. The molecule has 1 aromatic rings. The molecule has 4 nitrogen and oxygen atoms in total. The van der Waals surface area contributed by atoms with Crippen molar-refractivity contribution < 1.29 is 9.90 Å². The molecule has 0 spiro atoms. The van der Waals surface area contributed by atoms with Gasteiger partial charge in [-0.3, -0.25) is 4.79 Å². The van der Waals surface area contributed by atoms with Gasteiger partial charge in [0.15, 0.2) is 0 Å². The molecule has 1 heterocycles. The van der Waals surface area contributed by atoms with Gasteiger partial charge < -0.3 is 15.7 Å². The first-order valence-electron chi connectivity index (χ1n) is 6.57. The SMILES string of the molecule is O=C(O)C1NCCNC1c1ccc2c(c1)CCC2. The van der Waals surface area contributed by atoms with Crippen LogP contribution in [0.4, 0.5) is 0 Å². The number of nitrogens with one attached hydrogen (secondary N) is 2. The van der Waals surface area contributed by atoms with Gasteiger partial charge in [0, 0.05) is 13.1 Å². The first kappa shape index (κ1) is 11.7. The number of rotatable bonds is 2. The van der Waals surface area contributed by atoms with Crippen molar-refractivity contribution in [3.05, 3.63) is 34.9 Å². The Morgan fingerprint density at radius 3 is 2.78 bits per heavy atom. The number of carboxylic acid groups (broad SMARTS) is 1. The third-order valence-electron chi connectivity index (χ3n) is 3.93. The second-order valence-corrected chi connectivity index (χ2v) is 5.08. The summed E-state index contributed by atoms with van der Waals surface area (Å²) < 4.78 is 0. The summed E-state index contributed by atoms with van der Waals surface area (Å²) in [6.45, 7) is 1.52. The number of hydrogen-bond donors (Lipinski definition) is 3. The van der Waals surface area contributed by atoms with Gasteiger partial charge in [-0.05, 0) is 36.0 Å². The zero-order valence-electron chi connectivity index (χ0n) is 10.3. The van der Waals surface area contributed by atoms with E-state index in [0.717, 1.165) is 24.9 Å². The van der Waals surface area contributed by atoms with Gasteiger partial charge in [0.2, 0.25) is 0 Å². The highest BCUT2D eigenvalue weighted by atomic mass is 16.4. The van der Waals surface area contributed by atoms with Gasteiger partial charge in [-0.1, -0.05) is 18.2 Å². The summed E-state index contributed by atoms with van der Waals surface area (Å²) in [6.07, 6.45) is 3.51. The lowest BCUT2D eigenvalue weighted by Gasteiger charge is -2.31. The molecular formula is C14H18N2O2. The summed E-state index contributed by atoms with van der Waals surface area (Å²) in [4.78, 5) is 11.3. The van der Waals surface area contributed by atoms with Gasteiger partial charge in [0.25, 0.3) is 0 Å². The van der Waals surface area contributed by atoms with Crippen LogP contribution >= 0.6 is 0 Å². The Bertz CT molecular complexity index is 473. The van der Waals surface area contributed by atoms with E-state index in [0.29, 0.717) is 6.54 Å². The van der Waals surface area contributed by atoms with Crippen LogP contribution in [0.25, 0.3) is 0 Å². The van der Waals surface area contributed by atoms with Crippen LogP contribution in [0.5, 0.6) is 0 Å². The number of fused-ring (bicyclic) bond motifs is 1. The molecule has 1 aliphatic carbocycles. The Morgan fingerprint density at radius 1 is 1.17 bits per heavy atom. The predicted octanol–water partition coefficient (Wildman–Crippen LogP) is 0.862. The minimum absolute atomic E-state index is 0.123. The molecule has 0 radical (unpaired) electrons. The summed E-state index contributed by atoms with van der Waals surface area (Å²) in [5, 5.41) is 15.6. The maximum atomic E-state index is 11.3. The van der Waals surface area contributed by atoms with E-state index in [2.05, 4.69) is 28.8 Å². The van der Waals surface area contributed by atoms with E-state index in [1.165, 1.54) is 17.5 Å². The number of carboxylic acids is 1. The lowest BCUT2D eigenvalue weighted by molar-refractivity contribution is -0.140. The molecule has 0 aromatic heterocycles. The maximum Gasteiger partial charge on any atom is 0.322 e. The molecule has 0 amide bonds. The topological polar surface area (TPSA) is 61.4 Å². The van der Waals surface area contributed by atoms with E-state index in [9.17, 15) is 9.90 Å². The second kappa shape index (κ2) is 4.71. The van der Waals surface area contributed by atoms with E-state index in [1.807, 2.05) is 0 Å². The fourth-order valence-electron chi connectivity index (χ4n) is 3.02. The van der Waals surface area contributed by atoms with Crippen molar-refractivity contribution >= 4 is 5.97 Å². The van der Waals surface area contributed by atoms with Crippen LogP contribution < -0.4 is 10.6 Å². The Morgan fingerprint density at radius 2 is 1.94 bits per heavy atom. The van der Waals surface area contributed by atoms with E-state index in [1.54, 1.807) is 0 Å². The molecule has 2 unspecified atom stereocenters. The first-order valence-corrected chi connectivity index (χ1v) is 6.57.